The number of rotatable bonds is 5. The average Bonchev–Trinajstić information content (AvgIpc) is 2.73. The van der Waals surface area contributed by atoms with Gasteiger partial charge in [-0.3, -0.25) is 4.79 Å². The van der Waals surface area contributed by atoms with E-state index < -0.39 is 0 Å². The molecule has 2 aromatic rings. The molecule has 0 unspecified atom stereocenters. The lowest BCUT2D eigenvalue weighted by Crippen LogP contribution is -2.07. The molecule has 4 nitrogen and oxygen atoms in total. The fourth-order valence-electron chi connectivity index (χ4n) is 2.17. The van der Waals surface area contributed by atoms with Gasteiger partial charge < -0.3 is 9.88 Å². The number of amides is 1. The molecule has 0 fully saturated rings. The van der Waals surface area contributed by atoms with Crippen molar-refractivity contribution in [2.75, 3.05) is 5.32 Å². The summed E-state index contributed by atoms with van der Waals surface area (Å²) in [6.45, 7) is 10.9. The minimum Gasteiger partial charge on any atom is -0.332 e. The van der Waals surface area contributed by atoms with Crippen LogP contribution in [0.1, 0.15) is 25.8 Å². The van der Waals surface area contributed by atoms with Crippen LogP contribution in [0, 0.1) is 12.8 Å². The molecule has 1 amide bonds. The van der Waals surface area contributed by atoms with E-state index in [2.05, 4.69) is 48.4 Å². The van der Waals surface area contributed by atoms with Gasteiger partial charge in [0.25, 0.3) is 0 Å². The molecule has 2 heterocycles. The molecule has 0 aliphatic heterocycles. The van der Waals surface area contributed by atoms with Crippen LogP contribution >= 0.6 is 0 Å². The number of nitrogens with one attached hydrogen (secondary N) is 1. The molecule has 0 aliphatic rings. The molecule has 0 spiro atoms. The second-order valence-corrected chi connectivity index (χ2v) is 5.48. The van der Waals surface area contributed by atoms with Gasteiger partial charge in [-0.05, 0) is 37.0 Å². The Morgan fingerprint density at radius 3 is 2.95 bits per heavy atom. The lowest BCUT2D eigenvalue weighted by atomic mass is 10.1. The molecule has 1 N–H and O–H groups in total. The van der Waals surface area contributed by atoms with Crippen LogP contribution in [0.15, 0.2) is 31.1 Å². The van der Waals surface area contributed by atoms with Crippen molar-refractivity contribution in [1.29, 1.82) is 0 Å². The number of aromatic nitrogens is 2. The fraction of sp³-hybridized carbons (Fsp3) is 0.375. The van der Waals surface area contributed by atoms with E-state index in [-0.39, 0.29) is 5.91 Å². The Kier molecular flexibility index (Phi) is 4.23. The molecule has 0 aliphatic carbocycles. The minimum absolute atomic E-state index is 0.219. The van der Waals surface area contributed by atoms with Crippen molar-refractivity contribution in [3.63, 3.8) is 0 Å². The zero-order valence-electron chi connectivity index (χ0n) is 12.3. The van der Waals surface area contributed by atoms with Gasteiger partial charge in [-0.2, -0.15) is 0 Å². The monoisotopic (exact) mass is 271 g/mol. The average molecular weight is 271 g/mol. The van der Waals surface area contributed by atoms with Crippen molar-refractivity contribution < 1.29 is 4.79 Å². The Labute approximate surface area is 119 Å². The van der Waals surface area contributed by atoms with Crippen LogP contribution in [0.2, 0.25) is 0 Å². The molecular formula is C16H21N3O. The summed E-state index contributed by atoms with van der Waals surface area (Å²) >= 11 is 0. The van der Waals surface area contributed by atoms with E-state index in [9.17, 15) is 4.79 Å². The SMILES string of the molecule is C=CC(=O)Nc1cnc2c(c1)c(C)cn2CCC(C)C. The van der Waals surface area contributed by atoms with Crippen LogP contribution < -0.4 is 5.32 Å². The summed E-state index contributed by atoms with van der Waals surface area (Å²) in [5.74, 6) is 0.446. The maximum absolute atomic E-state index is 11.3. The highest BCUT2D eigenvalue weighted by molar-refractivity contribution is 6.00. The molecule has 4 heteroatoms. The van der Waals surface area contributed by atoms with Crippen molar-refractivity contribution in [2.45, 2.75) is 33.7 Å². The number of carbonyl (C=O) groups excluding carboxylic acids is 1. The van der Waals surface area contributed by atoms with Gasteiger partial charge in [0.1, 0.15) is 5.65 Å². The quantitative estimate of drug-likeness (QED) is 0.846. The molecular weight excluding hydrogens is 250 g/mol. The Balaban J connectivity index is 2.31. The van der Waals surface area contributed by atoms with E-state index in [1.807, 2.05) is 6.07 Å². The summed E-state index contributed by atoms with van der Waals surface area (Å²) in [6.07, 6.45) is 6.19. The Morgan fingerprint density at radius 2 is 2.30 bits per heavy atom. The molecule has 0 aromatic carbocycles. The molecule has 2 aromatic heterocycles. The highest BCUT2D eigenvalue weighted by Gasteiger charge is 2.09. The third-order valence-electron chi connectivity index (χ3n) is 3.31. The number of carbonyl (C=O) groups is 1. The summed E-state index contributed by atoms with van der Waals surface area (Å²) in [5.41, 5.74) is 2.85. The van der Waals surface area contributed by atoms with E-state index >= 15 is 0 Å². The van der Waals surface area contributed by atoms with E-state index in [1.165, 1.54) is 11.6 Å². The number of nitrogens with zero attached hydrogens (tertiary/aromatic N) is 2. The maximum atomic E-state index is 11.3. The highest BCUT2D eigenvalue weighted by Crippen LogP contribution is 2.23. The van der Waals surface area contributed by atoms with Crippen LogP contribution in [-0.2, 0) is 11.3 Å². The molecule has 0 atom stereocenters. The van der Waals surface area contributed by atoms with Gasteiger partial charge in [0.2, 0.25) is 5.91 Å². The first kappa shape index (κ1) is 14.3. The van der Waals surface area contributed by atoms with E-state index in [0.717, 1.165) is 24.0 Å². The Bertz CT molecular complexity index is 640. The van der Waals surface area contributed by atoms with E-state index in [4.69, 9.17) is 0 Å². The first-order valence-corrected chi connectivity index (χ1v) is 6.90. The maximum Gasteiger partial charge on any atom is 0.247 e. The molecule has 0 saturated carbocycles. The van der Waals surface area contributed by atoms with Crippen molar-refractivity contribution in [3.05, 3.63) is 36.7 Å². The van der Waals surface area contributed by atoms with Crippen LogP contribution in [0.25, 0.3) is 11.0 Å². The predicted octanol–water partition coefficient (Wildman–Crippen LogP) is 3.52. The van der Waals surface area contributed by atoms with Crippen molar-refractivity contribution >= 4 is 22.6 Å². The van der Waals surface area contributed by atoms with Crippen LogP contribution in [0.5, 0.6) is 0 Å². The molecule has 106 valence electrons. The minimum atomic E-state index is -0.219. The van der Waals surface area contributed by atoms with Crippen LogP contribution in [-0.4, -0.2) is 15.5 Å². The number of pyridine rings is 1. The number of hydrogen-bond donors (Lipinski definition) is 1. The van der Waals surface area contributed by atoms with Crippen molar-refractivity contribution in [2.24, 2.45) is 5.92 Å². The van der Waals surface area contributed by atoms with E-state index in [0.29, 0.717) is 11.6 Å². The molecule has 0 radical (unpaired) electrons. The third-order valence-corrected chi connectivity index (χ3v) is 3.31. The molecule has 20 heavy (non-hydrogen) atoms. The number of aryl methyl sites for hydroxylation is 2. The van der Waals surface area contributed by atoms with Crippen molar-refractivity contribution in [1.82, 2.24) is 9.55 Å². The van der Waals surface area contributed by atoms with Crippen LogP contribution in [0.4, 0.5) is 5.69 Å². The van der Waals surface area contributed by atoms with Gasteiger partial charge in [0.05, 0.1) is 11.9 Å². The molecule has 2 rings (SSSR count). The summed E-state index contributed by atoms with van der Waals surface area (Å²) < 4.78 is 2.18. The van der Waals surface area contributed by atoms with Gasteiger partial charge in [0.15, 0.2) is 0 Å². The summed E-state index contributed by atoms with van der Waals surface area (Å²) in [5, 5.41) is 3.82. The zero-order valence-corrected chi connectivity index (χ0v) is 12.3. The van der Waals surface area contributed by atoms with Gasteiger partial charge in [0, 0.05) is 18.1 Å². The fourth-order valence-corrected chi connectivity index (χ4v) is 2.17. The largest absolute Gasteiger partial charge is 0.332 e. The predicted molar refractivity (Wildman–Crippen MR) is 82.8 cm³/mol. The van der Waals surface area contributed by atoms with Gasteiger partial charge >= 0.3 is 0 Å². The number of fused-ring (bicyclic) bond motifs is 1. The standard InChI is InChI=1S/C16H21N3O/c1-5-15(20)18-13-8-14-12(4)10-19(7-6-11(2)3)16(14)17-9-13/h5,8-11H,1,6-7H2,2-4H3,(H,18,20). The smallest absolute Gasteiger partial charge is 0.247 e. The second kappa shape index (κ2) is 5.90. The topological polar surface area (TPSA) is 46.9 Å². The van der Waals surface area contributed by atoms with Gasteiger partial charge in [-0.15, -0.1) is 0 Å². The highest BCUT2D eigenvalue weighted by atomic mass is 16.1. The first-order valence-electron chi connectivity index (χ1n) is 6.90. The molecule has 0 saturated heterocycles. The normalized spacial score (nSPS) is 11.0. The lowest BCUT2D eigenvalue weighted by molar-refractivity contribution is -0.111. The van der Waals surface area contributed by atoms with Gasteiger partial charge in [-0.25, -0.2) is 4.98 Å². The number of anilines is 1. The summed E-state index contributed by atoms with van der Waals surface area (Å²) in [7, 11) is 0. The van der Waals surface area contributed by atoms with Gasteiger partial charge in [-0.1, -0.05) is 20.4 Å². The van der Waals surface area contributed by atoms with Crippen molar-refractivity contribution in [3.8, 4) is 0 Å². The first-order chi connectivity index (χ1) is 9.51. The second-order valence-electron chi connectivity index (χ2n) is 5.48. The Morgan fingerprint density at radius 1 is 1.55 bits per heavy atom. The summed E-state index contributed by atoms with van der Waals surface area (Å²) in [4.78, 5) is 15.8. The summed E-state index contributed by atoms with van der Waals surface area (Å²) in [6, 6.07) is 1.96. The Hall–Kier alpha value is -2.10. The third kappa shape index (κ3) is 3.07. The van der Waals surface area contributed by atoms with Crippen LogP contribution in [0.3, 0.4) is 0 Å². The zero-order chi connectivity index (χ0) is 14.7. The number of hydrogen-bond acceptors (Lipinski definition) is 2. The molecule has 0 bridgehead atoms. The van der Waals surface area contributed by atoms with E-state index in [1.54, 1.807) is 6.20 Å². The lowest BCUT2D eigenvalue weighted by Gasteiger charge is -2.07.